The van der Waals surface area contributed by atoms with Crippen LogP contribution in [0.2, 0.25) is 0 Å². The van der Waals surface area contributed by atoms with Gasteiger partial charge in [-0.15, -0.1) is 0 Å². The SMILES string of the molecule is CCNc1cn2ccnc2c(NCC(=O)N(C)CC)n1. The van der Waals surface area contributed by atoms with Gasteiger partial charge in [0.15, 0.2) is 11.5 Å². The molecule has 0 aliphatic carbocycles. The lowest BCUT2D eigenvalue weighted by molar-refractivity contribution is -0.127. The van der Waals surface area contributed by atoms with Crippen molar-refractivity contribution < 1.29 is 4.79 Å². The van der Waals surface area contributed by atoms with Gasteiger partial charge in [-0.2, -0.15) is 0 Å². The van der Waals surface area contributed by atoms with Gasteiger partial charge in [0.05, 0.1) is 12.7 Å². The highest BCUT2D eigenvalue weighted by molar-refractivity contribution is 5.81. The number of imidazole rings is 1. The van der Waals surface area contributed by atoms with Crippen LogP contribution in [-0.4, -0.2) is 51.9 Å². The maximum absolute atomic E-state index is 11.8. The molecular formula is C13H20N6O. The zero-order chi connectivity index (χ0) is 14.5. The molecule has 7 heteroatoms. The van der Waals surface area contributed by atoms with Crippen LogP contribution in [0.4, 0.5) is 11.6 Å². The van der Waals surface area contributed by atoms with Gasteiger partial charge < -0.3 is 19.9 Å². The first-order valence-corrected chi connectivity index (χ1v) is 6.71. The number of carbonyl (C=O) groups excluding carboxylic acids is 1. The third-order valence-corrected chi connectivity index (χ3v) is 3.04. The number of likely N-dealkylation sites (N-methyl/N-ethyl adjacent to an activating group) is 1. The van der Waals surface area contributed by atoms with E-state index in [-0.39, 0.29) is 12.5 Å². The molecule has 0 atom stereocenters. The van der Waals surface area contributed by atoms with Crippen LogP contribution in [0.1, 0.15) is 13.8 Å². The molecule has 2 aromatic rings. The number of rotatable bonds is 6. The molecule has 20 heavy (non-hydrogen) atoms. The van der Waals surface area contributed by atoms with Crippen molar-refractivity contribution in [1.82, 2.24) is 19.3 Å². The third kappa shape index (κ3) is 2.98. The summed E-state index contributed by atoms with van der Waals surface area (Å²) in [6.45, 7) is 5.62. The smallest absolute Gasteiger partial charge is 0.241 e. The van der Waals surface area contributed by atoms with E-state index in [1.165, 1.54) is 0 Å². The van der Waals surface area contributed by atoms with Crippen LogP contribution in [0.15, 0.2) is 18.6 Å². The van der Waals surface area contributed by atoms with Crippen LogP contribution < -0.4 is 10.6 Å². The first kappa shape index (κ1) is 14.1. The Kier molecular flexibility index (Phi) is 4.39. The van der Waals surface area contributed by atoms with E-state index in [4.69, 9.17) is 0 Å². The third-order valence-electron chi connectivity index (χ3n) is 3.04. The fourth-order valence-corrected chi connectivity index (χ4v) is 1.79. The number of fused-ring (bicyclic) bond motifs is 1. The lowest BCUT2D eigenvalue weighted by Crippen LogP contribution is -2.32. The lowest BCUT2D eigenvalue weighted by atomic mass is 10.4. The molecule has 0 unspecified atom stereocenters. The molecule has 0 fully saturated rings. The summed E-state index contributed by atoms with van der Waals surface area (Å²) in [4.78, 5) is 22.2. The van der Waals surface area contributed by atoms with Crippen molar-refractivity contribution in [2.75, 3.05) is 37.3 Å². The normalized spacial score (nSPS) is 10.6. The number of carbonyl (C=O) groups is 1. The number of hydrogen-bond donors (Lipinski definition) is 2. The first-order chi connectivity index (χ1) is 9.65. The summed E-state index contributed by atoms with van der Waals surface area (Å²) in [5.74, 6) is 1.37. The summed E-state index contributed by atoms with van der Waals surface area (Å²) < 4.78 is 1.88. The standard InChI is InChI=1S/C13H20N6O/c1-4-14-10-9-19-7-6-15-13(19)12(17-10)16-8-11(20)18(3)5-2/h6-7,9,14H,4-5,8H2,1-3H3,(H,16,17). The highest BCUT2D eigenvalue weighted by atomic mass is 16.2. The molecule has 0 saturated carbocycles. The van der Waals surface area contributed by atoms with Gasteiger partial charge in [0, 0.05) is 32.5 Å². The highest BCUT2D eigenvalue weighted by Crippen LogP contribution is 2.16. The van der Waals surface area contributed by atoms with Crippen molar-refractivity contribution in [3.63, 3.8) is 0 Å². The fraction of sp³-hybridized carbons (Fsp3) is 0.462. The van der Waals surface area contributed by atoms with Crippen molar-refractivity contribution in [3.8, 4) is 0 Å². The Morgan fingerprint density at radius 2 is 2.20 bits per heavy atom. The van der Waals surface area contributed by atoms with E-state index in [9.17, 15) is 4.79 Å². The van der Waals surface area contributed by atoms with E-state index in [1.807, 2.05) is 30.6 Å². The van der Waals surface area contributed by atoms with Crippen molar-refractivity contribution >= 4 is 23.2 Å². The van der Waals surface area contributed by atoms with E-state index in [0.29, 0.717) is 18.0 Å². The molecule has 1 amide bonds. The molecule has 0 saturated heterocycles. The minimum atomic E-state index is 0.0212. The van der Waals surface area contributed by atoms with Crippen molar-refractivity contribution in [2.24, 2.45) is 0 Å². The van der Waals surface area contributed by atoms with Gasteiger partial charge in [0.25, 0.3) is 0 Å². The predicted molar refractivity (Wildman–Crippen MR) is 79.0 cm³/mol. The minimum absolute atomic E-state index is 0.0212. The maximum Gasteiger partial charge on any atom is 0.241 e. The summed E-state index contributed by atoms with van der Waals surface area (Å²) in [7, 11) is 1.78. The number of nitrogens with one attached hydrogen (secondary N) is 2. The van der Waals surface area contributed by atoms with E-state index >= 15 is 0 Å². The van der Waals surface area contributed by atoms with Gasteiger partial charge in [-0.05, 0) is 13.8 Å². The first-order valence-electron chi connectivity index (χ1n) is 6.71. The highest BCUT2D eigenvalue weighted by Gasteiger charge is 2.10. The topological polar surface area (TPSA) is 74.6 Å². The molecule has 0 aliphatic rings. The zero-order valence-electron chi connectivity index (χ0n) is 12.1. The lowest BCUT2D eigenvalue weighted by Gasteiger charge is -2.15. The largest absolute Gasteiger partial charge is 0.369 e. The number of anilines is 2. The number of nitrogens with zero attached hydrogens (tertiary/aromatic N) is 4. The maximum atomic E-state index is 11.8. The molecule has 0 bridgehead atoms. The van der Waals surface area contributed by atoms with Gasteiger partial charge in [-0.1, -0.05) is 0 Å². The quantitative estimate of drug-likeness (QED) is 0.825. The van der Waals surface area contributed by atoms with E-state index in [1.54, 1.807) is 18.1 Å². The fourth-order valence-electron chi connectivity index (χ4n) is 1.79. The summed E-state index contributed by atoms with van der Waals surface area (Å²) in [6.07, 6.45) is 5.43. The Morgan fingerprint density at radius 1 is 1.40 bits per heavy atom. The summed E-state index contributed by atoms with van der Waals surface area (Å²) >= 11 is 0. The predicted octanol–water partition coefficient (Wildman–Crippen LogP) is 1.05. The van der Waals surface area contributed by atoms with E-state index in [0.717, 1.165) is 12.4 Å². The van der Waals surface area contributed by atoms with Crippen LogP contribution >= 0.6 is 0 Å². The van der Waals surface area contributed by atoms with Gasteiger partial charge in [0.1, 0.15) is 5.82 Å². The molecular weight excluding hydrogens is 256 g/mol. The van der Waals surface area contributed by atoms with Crippen LogP contribution in [0.3, 0.4) is 0 Å². The Hall–Kier alpha value is -2.31. The van der Waals surface area contributed by atoms with E-state index < -0.39 is 0 Å². The van der Waals surface area contributed by atoms with Gasteiger partial charge in [-0.25, -0.2) is 9.97 Å². The monoisotopic (exact) mass is 276 g/mol. The van der Waals surface area contributed by atoms with Crippen LogP contribution in [-0.2, 0) is 4.79 Å². The summed E-state index contributed by atoms with van der Waals surface area (Å²) in [5.41, 5.74) is 0.707. The van der Waals surface area contributed by atoms with Gasteiger partial charge >= 0.3 is 0 Å². The van der Waals surface area contributed by atoms with Gasteiger partial charge in [-0.3, -0.25) is 4.79 Å². The minimum Gasteiger partial charge on any atom is -0.369 e. The van der Waals surface area contributed by atoms with Crippen molar-refractivity contribution in [1.29, 1.82) is 0 Å². The Morgan fingerprint density at radius 3 is 2.90 bits per heavy atom. The number of amides is 1. The second-order valence-corrected chi connectivity index (χ2v) is 4.42. The molecule has 0 spiro atoms. The van der Waals surface area contributed by atoms with Gasteiger partial charge in [0.2, 0.25) is 5.91 Å². The Bertz CT molecular complexity index is 594. The molecule has 0 aliphatic heterocycles. The summed E-state index contributed by atoms with van der Waals surface area (Å²) in [5, 5.41) is 6.22. The summed E-state index contributed by atoms with van der Waals surface area (Å²) in [6, 6.07) is 0. The molecule has 2 heterocycles. The average Bonchev–Trinajstić information content (AvgIpc) is 2.92. The molecule has 2 aromatic heterocycles. The molecule has 0 radical (unpaired) electrons. The molecule has 108 valence electrons. The van der Waals surface area contributed by atoms with Crippen LogP contribution in [0.5, 0.6) is 0 Å². The Balaban J connectivity index is 2.19. The average molecular weight is 276 g/mol. The van der Waals surface area contributed by atoms with Crippen LogP contribution in [0, 0.1) is 0 Å². The second kappa shape index (κ2) is 6.23. The second-order valence-electron chi connectivity index (χ2n) is 4.42. The molecule has 2 rings (SSSR count). The number of aromatic nitrogens is 3. The van der Waals surface area contributed by atoms with Crippen molar-refractivity contribution in [2.45, 2.75) is 13.8 Å². The molecule has 2 N–H and O–H groups in total. The molecule has 7 nitrogen and oxygen atoms in total. The number of hydrogen-bond acceptors (Lipinski definition) is 5. The van der Waals surface area contributed by atoms with Crippen LogP contribution in [0.25, 0.3) is 5.65 Å². The Labute approximate surface area is 118 Å². The van der Waals surface area contributed by atoms with E-state index in [2.05, 4.69) is 20.6 Å². The zero-order valence-corrected chi connectivity index (χ0v) is 12.1. The molecule has 0 aromatic carbocycles. The van der Waals surface area contributed by atoms with Crippen molar-refractivity contribution in [3.05, 3.63) is 18.6 Å².